The molecule has 0 radical (unpaired) electrons. The van der Waals surface area contributed by atoms with Crippen LogP contribution in [0.2, 0.25) is 0 Å². The number of benzene rings is 2. The molecular weight excluding hydrogens is 362 g/mol. The van der Waals surface area contributed by atoms with Gasteiger partial charge in [-0.3, -0.25) is 14.4 Å². The highest BCUT2D eigenvalue weighted by atomic mass is 16.4. The molecule has 1 atom stereocenters. The number of carboxylic acids is 2. The zero-order valence-electron chi connectivity index (χ0n) is 16.0. The molecule has 0 spiro atoms. The maximum Gasteiger partial charge on any atom is 0.320 e. The van der Waals surface area contributed by atoms with Crippen LogP contribution in [0.25, 0.3) is 11.1 Å². The standard InChI is InChI=1S/C13H10O.C5H12N2O2.C2H4O2.H3N/c14-10-11-6-8-13(9-7-11)12-4-2-1-3-5-12;6-3-1-2-4(7)5(8)9;1-2(3)4;/h1-10H;4H,1-3,6-7H2,(H,8,9);1H3,(H,3,4);1H3/t;4-;;/m.0../s1. The van der Waals surface area contributed by atoms with Gasteiger partial charge in [0, 0.05) is 12.5 Å². The van der Waals surface area contributed by atoms with E-state index in [1.54, 1.807) is 0 Å². The molecule has 0 bridgehead atoms. The Labute approximate surface area is 164 Å². The van der Waals surface area contributed by atoms with Gasteiger partial charge in [0.1, 0.15) is 12.3 Å². The molecule has 0 saturated heterocycles. The first kappa shape index (κ1) is 27.2. The molecule has 154 valence electrons. The lowest BCUT2D eigenvalue weighted by molar-refractivity contribution is -0.138. The molecule has 0 heterocycles. The van der Waals surface area contributed by atoms with Crippen LogP contribution in [0, 0.1) is 0 Å². The molecule has 2 aromatic rings. The van der Waals surface area contributed by atoms with Crippen LogP contribution < -0.4 is 17.6 Å². The Balaban J connectivity index is 0. The molecule has 0 aliphatic heterocycles. The summed E-state index contributed by atoms with van der Waals surface area (Å²) in [6.07, 6.45) is 1.99. The fourth-order valence-electron chi connectivity index (χ4n) is 1.85. The van der Waals surface area contributed by atoms with Crippen molar-refractivity contribution in [3.8, 4) is 11.1 Å². The van der Waals surface area contributed by atoms with Crippen LogP contribution in [-0.2, 0) is 9.59 Å². The molecule has 8 nitrogen and oxygen atoms in total. The minimum atomic E-state index is -0.955. The molecule has 0 aromatic heterocycles. The highest BCUT2D eigenvalue weighted by Gasteiger charge is 2.08. The predicted octanol–water partition coefficient (Wildman–Crippen LogP) is 2.56. The summed E-state index contributed by atoms with van der Waals surface area (Å²) >= 11 is 0. The summed E-state index contributed by atoms with van der Waals surface area (Å²) in [5.74, 6) is -1.79. The van der Waals surface area contributed by atoms with E-state index in [0.717, 1.165) is 18.8 Å². The first-order valence-electron chi connectivity index (χ1n) is 8.30. The molecule has 2 rings (SSSR count). The number of hydrogen-bond acceptors (Lipinski definition) is 6. The molecule has 0 saturated carbocycles. The Morgan fingerprint density at radius 3 is 1.86 bits per heavy atom. The second kappa shape index (κ2) is 16.1. The third kappa shape index (κ3) is 13.2. The van der Waals surface area contributed by atoms with Crippen molar-refractivity contribution in [2.24, 2.45) is 11.5 Å². The first-order valence-corrected chi connectivity index (χ1v) is 8.30. The first-order chi connectivity index (χ1) is 12.8. The maximum atomic E-state index is 10.5. The number of nitrogens with two attached hydrogens (primary N) is 2. The number of carbonyl (C=O) groups excluding carboxylic acids is 1. The molecule has 0 aliphatic rings. The van der Waals surface area contributed by atoms with Crippen LogP contribution in [-0.4, -0.2) is 41.0 Å². The van der Waals surface area contributed by atoms with Gasteiger partial charge in [-0.2, -0.15) is 0 Å². The van der Waals surface area contributed by atoms with Crippen molar-refractivity contribution >= 4 is 18.2 Å². The van der Waals surface area contributed by atoms with Gasteiger partial charge in [-0.15, -0.1) is 0 Å². The molecule has 0 amide bonds. The molecule has 0 unspecified atom stereocenters. The summed E-state index contributed by atoms with van der Waals surface area (Å²) in [4.78, 5) is 29.5. The molecule has 28 heavy (non-hydrogen) atoms. The maximum absolute atomic E-state index is 10.5. The van der Waals surface area contributed by atoms with Gasteiger partial charge in [0.15, 0.2) is 0 Å². The van der Waals surface area contributed by atoms with Crippen LogP contribution in [0.5, 0.6) is 0 Å². The largest absolute Gasteiger partial charge is 0.481 e. The summed E-state index contributed by atoms with van der Waals surface area (Å²) in [6, 6.07) is 16.9. The smallest absolute Gasteiger partial charge is 0.320 e. The Bertz CT molecular complexity index is 687. The molecule has 0 fully saturated rings. The molecule has 8 heteroatoms. The molecule has 2 aromatic carbocycles. The van der Waals surface area contributed by atoms with E-state index >= 15 is 0 Å². The second-order valence-corrected chi connectivity index (χ2v) is 5.50. The third-order valence-corrected chi connectivity index (χ3v) is 3.19. The minimum Gasteiger partial charge on any atom is -0.481 e. The summed E-state index contributed by atoms with van der Waals surface area (Å²) in [6.45, 7) is 1.58. The van der Waals surface area contributed by atoms with Crippen LogP contribution in [0.3, 0.4) is 0 Å². The van der Waals surface area contributed by atoms with Crippen molar-refractivity contribution < 1.29 is 24.6 Å². The minimum absolute atomic E-state index is 0. The second-order valence-electron chi connectivity index (χ2n) is 5.50. The number of carbonyl (C=O) groups is 3. The van der Waals surface area contributed by atoms with Crippen molar-refractivity contribution in [1.29, 1.82) is 0 Å². The Hall–Kier alpha value is -3.07. The van der Waals surface area contributed by atoms with Gasteiger partial charge in [0.25, 0.3) is 5.97 Å². The number of aliphatic carboxylic acids is 2. The van der Waals surface area contributed by atoms with Gasteiger partial charge in [0.2, 0.25) is 0 Å². The van der Waals surface area contributed by atoms with E-state index in [9.17, 15) is 9.59 Å². The van der Waals surface area contributed by atoms with Crippen molar-refractivity contribution in [3.05, 3.63) is 60.2 Å². The van der Waals surface area contributed by atoms with E-state index in [2.05, 4.69) is 12.1 Å². The Kier molecular flexibility index (Phi) is 15.6. The normalized spacial score (nSPS) is 9.96. The Morgan fingerprint density at radius 1 is 1.00 bits per heavy atom. The van der Waals surface area contributed by atoms with Gasteiger partial charge in [-0.1, -0.05) is 54.6 Å². The van der Waals surface area contributed by atoms with Crippen LogP contribution in [0.1, 0.15) is 30.1 Å². The van der Waals surface area contributed by atoms with Gasteiger partial charge >= 0.3 is 5.97 Å². The van der Waals surface area contributed by atoms with Gasteiger partial charge in [-0.05, 0) is 30.5 Å². The van der Waals surface area contributed by atoms with E-state index in [1.165, 1.54) is 5.56 Å². The molecular formula is C20H29N3O5. The van der Waals surface area contributed by atoms with E-state index < -0.39 is 18.0 Å². The molecule has 0 aliphatic carbocycles. The van der Waals surface area contributed by atoms with Crippen LogP contribution >= 0.6 is 0 Å². The van der Waals surface area contributed by atoms with Crippen LogP contribution in [0.4, 0.5) is 0 Å². The highest BCUT2D eigenvalue weighted by molar-refractivity contribution is 5.76. The molecule has 9 N–H and O–H groups in total. The summed E-state index contributed by atoms with van der Waals surface area (Å²) in [5.41, 5.74) is 13.3. The van der Waals surface area contributed by atoms with Crippen molar-refractivity contribution in [2.75, 3.05) is 6.54 Å². The highest BCUT2D eigenvalue weighted by Crippen LogP contribution is 2.18. The average Bonchev–Trinajstić information content (AvgIpc) is 2.67. The summed E-state index contributed by atoms with van der Waals surface area (Å²) < 4.78 is 0. The zero-order chi connectivity index (χ0) is 20.7. The Morgan fingerprint density at radius 2 is 1.46 bits per heavy atom. The fourth-order valence-corrected chi connectivity index (χ4v) is 1.85. The topological polar surface area (TPSA) is 179 Å². The summed E-state index contributed by atoms with van der Waals surface area (Å²) in [7, 11) is 0. The third-order valence-electron chi connectivity index (χ3n) is 3.19. The van der Waals surface area contributed by atoms with Gasteiger partial charge in [-0.25, -0.2) is 0 Å². The predicted molar refractivity (Wildman–Crippen MR) is 109 cm³/mol. The zero-order valence-corrected chi connectivity index (χ0v) is 16.0. The van der Waals surface area contributed by atoms with Gasteiger partial charge < -0.3 is 27.8 Å². The average molecular weight is 391 g/mol. The van der Waals surface area contributed by atoms with E-state index in [1.807, 2.05) is 42.5 Å². The van der Waals surface area contributed by atoms with Crippen molar-refractivity contribution in [3.63, 3.8) is 0 Å². The fraction of sp³-hybridized carbons (Fsp3) is 0.250. The lowest BCUT2D eigenvalue weighted by Crippen LogP contribution is -2.30. The number of hydrogen-bond donors (Lipinski definition) is 5. The van der Waals surface area contributed by atoms with Gasteiger partial charge in [0.05, 0.1) is 0 Å². The number of carboxylic acid groups (broad SMARTS) is 2. The summed E-state index contributed by atoms with van der Waals surface area (Å²) in [5, 5.41) is 15.7. The lowest BCUT2D eigenvalue weighted by Gasteiger charge is -2.02. The number of rotatable bonds is 6. The monoisotopic (exact) mass is 391 g/mol. The van der Waals surface area contributed by atoms with E-state index in [0.29, 0.717) is 24.9 Å². The van der Waals surface area contributed by atoms with Crippen LogP contribution in [0.15, 0.2) is 54.6 Å². The quantitative estimate of drug-likeness (QED) is 0.466. The van der Waals surface area contributed by atoms with E-state index in [-0.39, 0.29) is 6.15 Å². The van der Waals surface area contributed by atoms with Crippen molar-refractivity contribution in [2.45, 2.75) is 25.8 Å². The SMILES string of the molecule is CC(=O)O.N.NCCC[C@H](N)C(=O)O.O=Cc1ccc(-c2ccccc2)cc1. The lowest BCUT2D eigenvalue weighted by atomic mass is 10.0. The van der Waals surface area contributed by atoms with E-state index in [4.69, 9.17) is 26.5 Å². The number of aldehydes is 1. The van der Waals surface area contributed by atoms with Crippen molar-refractivity contribution in [1.82, 2.24) is 6.15 Å².